The zero-order valence-corrected chi connectivity index (χ0v) is 21.5. The fourth-order valence-electron chi connectivity index (χ4n) is 4.50. The van der Waals surface area contributed by atoms with Crippen LogP contribution in [0.5, 0.6) is 0 Å². The lowest BCUT2D eigenvalue weighted by atomic mass is 10.0. The molecule has 1 amide bonds. The molecule has 0 radical (unpaired) electrons. The Balaban J connectivity index is 1.38. The smallest absolute Gasteiger partial charge is 0.248 e. The molecule has 37 heavy (non-hydrogen) atoms. The molecule has 2 N–H and O–H groups in total. The lowest BCUT2D eigenvalue weighted by molar-refractivity contribution is -0.111. The number of amides is 1. The normalized spacial score (nSPS) is 13.9. The molecule has 1 aliphatic rings. The van der Waals surface area contributed by atoms with Crippen LogP contribution in [0.3, 0.4) is 0 Å². The van der Waals surface area contributed by atoms with Crippen molar-refractivity contribution in [3.8, 4) is 11.1 Å². The molecule has 4 aromatic rings. The Morgan fingerprint density at radius 3 is 2.43 bits per heavy atom. The van der Waals surface area contributed by atoms with E-state index in [0.717, 1.165) is 65.2 Å². The molecule has 1 aromatic heterocycles. The maximum atomic E-state index is 12.2. The summed E-state index contributed by atoms with van der Waals surface area (Å²) < 4.78 is 0. The van der Waals surface area contributed by atoms with Gasteiger partial charge in [0.05, 0.1) is 5.52 Å². The molecule has 2 heterocycles. The lowest BCUT2D eigenvalue weighted by Gasteiger charge is -2.34. The van der Waals surface area contributed by atoms with Crippen molar-refractivity contribution in [2.45, 2.75) is 13.8 Å². The van der Waals surface area contributed by atoms with Crippen molar-refractivity contribution in [3.05, 3.63) is 84.6 Å². The van der Waals surface area contributed by atoms with Gasteiger partial charge in [-0.3, -0.25) is 4.79 Å². The number of nitrogens with zero attached hydrogens (tertiary/aromatic N) is 4. The van der Waals surface area contributed by atoms with Gasteiger partial charge in [0.2, 0.25) is 11.9 Å². The summed E-state index contributed by atoms with van der Waals surface area (Å²) in [5.74, 6) is 0.405. The van der Waals surface area contributed by atoms with Gasteiger partial charge in [-0.15, -0.1) is 0 Å². The third-order valence-electron chi connectivity index (χ3n) is 6.46. The van der Waals surface area contributed by atoms with Crippen LogP contribution >= 0.6 is 0 Å². The molecule has 0 spiro atoms. The highest BCUT2D eigenvalue weighted by atomic mass is 16.1. The lowest BCUT2D eigenvalue weighted by Crippen LogP contribution is -2.44. The summed E-state index contributed by atoms with van der Waals surface area (Å²) in [4.78, 5) is 26.4. The minimum Gasteiger partial charge on any atom is -0.369 e. The molecule has 0 aliphatic carbocycles. The fraction of sp³-hybridized carbons (Fsp3) is 0.233. The van der Waals surface area contributed by atoms with Gasteiger partial charge in [-0.1, -0.05) is 35.9 Å². The van der Waals surface area contributed by atoms with Gasteiger partial charge in [-0.2, -0.15) is 0 Å². The molecular formula is C30H32N6O. The Hall–Kier alpha value is -4.23. The molecule has 1 fully saturated rings. The number of rotatable bonds is 6. The second-order valence-electron chi connectivity index (χ2n) is 9.69. The second-order valence-corrected chi connectivity index (χ2v) is 9.69. The molecule has 0 atom stereocenters. The monoisotopic (exact) mass is 492 g/mol. The number of piperazine rings is 1. The van der Waals surface area contributed by atoms with Crippen molar-refractivity contribution in [3.63, 3.8) is 0 Å². The molecule has 1 aliphatic heterocycles. The van der Waals surface area contributed by atoms with Crippen LogP contribution < -0.4 is 15.5 Å². The van der Waals surface area contributed by atoms with E-state index in [0.29, 0.717) is 5.95 Å². The zero-order valence-electron chi connectivity index (χ0n) is 21.5. The van der Waals surface area contributed by atoms with E-state index in [1.54, 1.807) is 6.08 Å². The number of para-hydroxylation sites is 1. The molecule has 0 saturated carbocycles. The summed E-state index contributed by atoms with van der Waals surface area (Å²) in [5, 5.41) is 7.25. The molecule has 1 saturated heterocycles. The average Bonchev–Trinajstić information content (AvgIpc) is 2.89. The number of carbonyl (C=O) groups is 1. The highest BCUT2D eigenvalue weighted by Crippen LogP contribution is 2.30. The number of hydrogen-bond donors (Lipinski definition) is 2. The fourth-order valence-corrected chi connectivity index (χ4v) is 4.50. The number of allylic oxidation sites excluding steroid dienone is 1. The van der Waals surface area contributed by atoms with E-state index in [4.69, 9.17) is 4.98 Å². The minimum atomic E-state index is -0.137. The van der Waals surface area contributed by atoms with Crippen LogP contribution in [0.15, 0.2) is 84.6 Å². The van der Waals surface area contributed by atoms with Gasteiger partial charge in [-0.25, -0.2) is 9.97 Å². The van der Waals surface area contributed by atoms with Gasteiger partial charge in [0, 0.05) is 66.5 Å². The number of hydrogen-bond acceptors (Lipinski definition) is 6. The van der Waals surface area contributed by atoms with Gasteiger partial charge in [0.25, 0.3) is 0 Å². The number of benzene rings is 3. The number of fused-ring (bicyclic) bond motifs is 1. The van der Waals surface area contributed by atoms with E-state index in [9.17, 15) is 4.79 Å². The third-order valence-corrected chi connectivity index (χ3v) is 6.46. The van der Waals surface area contributed by atoms with Crippen molar-refractivity contribution in [1.82, 2.24) is 14.9 Å². The van der Waals surface area contributed by atoms with E-state index < -0.39 is 0 Å². The van der Waals surface area contributed by atoms with Crippen LogP contribution in [0, 0.1) is 0 Å². The standard InChI is InChI=1S/C30H32N6O/c1-21(2)18-28(37)32-25-8-4-6-22(19-25)27-9-5-7-23-20-31-30(34-29(23)27)33-24-10-12-26(13-11-24)36-16-14-35(3)15-17-36/h4-13,18-20H,14-17H2,1-3H3,(H,32,37)(H,31,33,34). The molecule has 5 rings (SSSR count). The highest BCUT2D eigenvalue weighted by molar-refractivity contribution is 6.00. The summed E-state index contributed by atoms with van der Waals surface area (Å²) in [6.45, 7) is 8.05. The van der Waals surface area contributed by atoms with Crippen LogP contribution in [-0.2, 0) is 4.79 Å². The van der Waals surface area contributed by atoms with Gasteiger partial charge >= 0.3 is 0 Å². The van der Waals surface area contributed by atoms with Crippen LogP contribution in [-0.4, -0.2) is 54.0 Å². The van der Waals surface area contributed by atoms with Crippen LogP contribution in [0.4, 0.5) is 23.0 Å². The van der Waals surface area contributed by atoms with Crippen molar-refractivity contribution < 1.29 is 4.79 Å². The predicted molar refractivity (Wildman–Crippen MR) is 152 cm³/mol. The molecule has 3 aromatic carbocycles. The minimum absolute atomic E-state index is 0.137. The van der Waals surface area contributed by atoms with Gasteiger partial charge in [-0.05, 0) is 62.9 Å². The quantitative estimate of drug-likeness (QED) is 0.337. The first-order chi connectivity index (χ1) is 17.9. The summed E-state index contributed by atoms with van der Waals surface area (Å²) in [7, 11) is 2.17. The van der Waals surface area contributed by atoms with Crippen molar-refractivity contribution >= 4 is 39.8 Å². The van der Waals surface area contributed by atoms with Crippen LogP contribution in [0.2, 0.25) is 0 Å². The molecule has 7 nitrogen and oxygen atoms in total. The maximum absolute atomic E-state index is 12.2. The van der Waals surface area contributed by atoms with E-state index >= 15 is 0 Å². The van der Waals surface area contributed by atoms with Gasteiger partial charge < -0.3 is 20.4 Å². The predicted octanol–water partition coefficient (Wildman–Crippen LogP) is 5.70. The number of anilines is 4. The molecule has 7 heteroatoms. The van der Waals surface area contributed by atoms with Crippen molar-refractivity contribution in [2.75, 3.05) is 48.8 Å². The summed E-state index contributed by atoms with van der Waals surface area (Å²) in [6.07, 6.45) is 3.43. The largest absolute Gasteiger partial charge is 0.369 e. The van der Waals surface area contributed by atoms with Crippen LogP contribution in [0.25, 0.3) is 22.0 Å². The van der Waals surface area contributed by atoms with Crippen LogP contribution in [0.1, 0.15) is 13.8 Å². The Labute approximate surface area is 217 Å². The van der Waals surface area contributed by atoms with E-state index in [1.165, 1.54) is 5.69 Å². The topological polar surface area (TPSA) is 73.4 Å². The summed E-state index contributed by atoms with van der Waals surface area (Å²) in [6, 6.07) is 22.3. The average molecular weight is 493 g/mol. The number of nitrogens with one attached hydrogen (secondary N) is 2. The molecule has 188 valence electrons. The Kier molecular flexibility index (Phi) is 7.14. The summed E-state index contributed by atoms with van der Waals surface area (Å²) in [5.41, 5.74) is 6.67. The second kappa shape index (κ2) is 10.8. The van der Waals surface area contributed by atoms with E-state index in [1.807, 2.05) is 62.5 Å². The van der Waals surface area contributed by atoms with E-state index in [2.05, 4.69) is 56.7 Å². The van der Waals surface area contributed by atoms with Crippen molar-refractivity contribution in [2.24, 2.45) is 0 Å². The Bertz CT molecular complexity index is 1430. The number of aromatic nitrogens is 2. The highest BCUT2D eigenvalue weighted by Gasteiger charge is 2.14. The third kappa shape index (κ3) is 5.95. The van der Waals surface area contributed by atoms with Gasteiger partial charge in [0.1, 0.15) is 0 Å². The molecule has 0 unspecified atom stereocenters. The number of likely N-dealkylation sites (N-methyl/N-ethyl adjacent to an activating group) is 1. The first kappa shape index (κ1) is 24.5. The first-order valence-electron chi connectivity index (χ1n) is 12.6. The number of carbonyl (C=O) groups excluding carboxylic acids is 1. The summed E-state index contributed by atoms with van der Waals surface area (Å²) >= 11 is 0. The Morgan fingerprint density at radius 2 is 1.68 bits per heavy atom. The zero-order chi connectivity index (χ0) is 25.8. The molecule has 0 bridgehead atoms. The van der Waals surface area contributed by atoms with E-state index in [-0.39, 0.29) is 5.91 Å². The Morgan fingerprint density at radius 1 is 0.919 bits per heavy atom. The maximum Gasteiger partial charge on any atom is 0.248 e. The first-order valence-corrected chi connectivity index (χ1v) is 12.6. The van der Waals surface area contributed by atoms with Gasteiger partial charge in [0.15, 0.2) is 0 Å². The SMILES string of the molecule is CC(C)=CC(=O)Nc1cccc(-c2cccc3cnc(Nc4ccc(N5CCN(C)CC5)cc4)nc23)c1. The van der Waals surface area contributed by atoms with Crippen molar-refractivity contribution in [1.29, 1.82) is 0 Å². The molecular weight excluding hydrogens is 460 g/mol.